The lowest BCUT2D eigenvalue weighted by Crippen LogP contribution is -2.50. The van der Waals surface area contributed by atoms with Crippen LogP contribution in [0.4, 0.5) is 0 Å². The van der Waals surface area contributed by atoms with Crippen LogP contribution in [-0.2, 0) is 14.9 Å². The van der Waals surface area contributed by atoms with Crippen LogP contribution in [0, 0.1) is 0 Å². The van der Waals surface area contributed by atoms with Crippen molar-refractivity contribution in [2.45, 2.75) is 199 Å². The van der Waals surface area contributed by atoms with Gasteiger partial charge in [0.25, 0.3) is 10.1 Å². The minimum Gasteiger partial charge on any atom is -0.387 e. The summed E-state index contributed by atoms with van der Waals surface area (Å²) in [5, 5.41) is 23.0. The molecule has 43 heavy (non-hydrogen) atoms. The highest BCUT2D eigenvalue weighted by molar-refractivity contribution is 7.85. The average Bonchev–Trinajstić information content (AvgIpc) is 2.96. The van der Waals surface area contributed by atoms with Gasteiger partial charge in [-0.05, 0) is 19.3 Å². The Morgan fingerprint density at radius 2 is 1.00 bits per heavy atom. The van der Waals surface area contributed by atoms with Crippen molar-refractivity contribution in [2.75, 3.05) is 5.75 Å². The number of allylic oxidation sites excluding steroid dienone is 1. The van der Waals surface area contributed by atoms with Crippen LogP contribution >= 0.6 is 0 Å². The fourth-order valence-corrected chi connectivity index (χ4v) is 6.25. The highest BCUT2D eigenvalue weighted by Crippen LogP contribution is 2.16. The third-order valence-electron chi connectivity index (χ3n) is 8.32. The third-order valence-corrected chi connectivity index (χ3v) is 9.10. The summed E-state index contributed by atoms with van der Waals surface area (Å²) < 4.78 is 32.0. The molecular weight excluding hydrogens is 562 g/mol. The van der Waals surface area contributed by atoms with Gasteiger partial charge in [0.1, 0.15) is 6.10 Å². The van der Waals surface area contributed by atoms with Gasteiger partial charge in [-0.1, -0.05) is 174 Å². The van der Waals surface area contributed by atoms with E-state index in [-0.39, 0.29) is 6.42 Å². The lowest BCUT2D eigenvalue weighted by Gasteiger charge is -2.22. The van der Waals surface area contributed by atoms with Crippen LogP contribution < -0.4 is 5.32 Å². The number of rotatable bonds is 32. The minimum atomic E-state index is -4.42. The summed E-state index contributed by atoms with van der Waals surface area (Å²) in [5.41, 5.74) is 0. The van der Waals surface area contributed by atoms with Crippen LogP contribution in [0.15, 0.2) is 12.2 Å². The summed E-state index contributed by atoms with van der Waals surface area (Å²) in [6, 6.07) is -1.22. The molecule has 0 rings (SSSR count). The smallest absolute Gasteiger partial charge is 0.267 e. The van der Waals surface area contributed by atoms with Gasteiger partial charge in [0.2, 0.25) is 5.91 Å². The van der Waals surface area contributed by atoms with Crippen molar-refractivity contribution in [3.63, 3.8) is 0 Å². The maximum Gasteiger partial charge on any atom is 0.267 e. The predicted molar refractivity (Wildman–Crippen MR) is 181 cm³/mol. The van der Waals surface area contributed by atoms with Crippen molar-refractivity contribution in [2.24, 2.45) is 0 Å². The Balaban J connectivity index is 3.79. The van der Waals surface area contributed by atoms with Crippen LogP contribution in [0.3, 0.4) is 0 Å². The van der Waals surface area contributed by atoms with Crippen molar-refractivity contribution >= 4 is 16.0 Å². The van der Waals surface area contributed by atoms with Crippen molar-refractivity contribution < 1.29 is 28.0 Å². The molecule has 8 heteroatoms. The normalized spacial score (nSPS) is 14.3. The number of aliphatic hydroxyl groups excluding tert-OH is 2. The number of nitrogens with one attached hydrogen (secondary N) is 1. The molecule has 0 aromatic carbocycles. The third kappa shape index (κ3) is 29.5. The number of unbranched alkanes of at least 4 members (excludes halogenated alkanes) is 23. The van der Waals surface area contributed by atoms with E-state index in [1.165, 1.54) is 115 Å². The van der Waals surface area contributed by atoms with Gasteiger partial charge in [-0.3, -0.25) is 9.35 Å². The van der Waals surface area contributed by atoms with E-state index in [1.807, 2.05) is 0 Å². The predicted octanol–water partition coefficient (Wildman–Crippen LogP) is 8.82. The fraction of sp³-hybridized carbons (Fsp3) is 0.914. The number of carbonyl (C=O) groups is 1. The molecule has 0 radical (unpaired) electrons. The van der Waals surface area contributed by atoms with Gasteiger partial charge in [0.15, 0.2) is 0 Å². The summed E-state index contributed by atoms with van der Waals surface area (Å²) in [5.74, 6) is -1.54. The quantitative estimate of drug-likeness (QED) is 0.0334. The maximum atomic E-state index is 12.4. The molecule has 0 aliphatic heterocycles. The first kappa shape index (κ1) is 42.0. The molecule has 0 bridgehead atoms. The molecule has 3 atom stereocenters. The molecule has 0 fully saturated rings. The molecule has 0 saturated heterocycles. The fourth-order valence-electron chi connectivity index (χ4n) is 5.51. The summed E-state index contributed by atoms with van der Waals surface area (Å²) >= 11 is 0. The lowest BCUT2D eigenvalue weighted by molar-refractivity contribution is -0.130. The van der Waals surface area contributed by atoms with Gasteiger partial charge in [0.05, 0.1) is 17.9 Å². The van der Waals surface area contributed by atoms with Crippen molar-refractivity contribution in [3.05, 3.63) is 12.2 Å². The number of hydrogen-bond donors (Lipinski definition) is 4. The summed E-state index contributed by atoms with van der Waals surface area (Å²) in [7, 11) is -4.42. The van der Waals surface area contributed by atoms with E-state index < -0.39 is 40.0 Å². The number of amides is 1. The zero-order valence-electron chi connectivity index (χ0n) is 28.0. The number of carbonyl (C=O) groups excluding carboxylic acids is 1. The van der Waals surface area contributed by atoms with Crippen molar-refractivity contribution in [3.8, 4) is 0 Å². The van der Waals surface area contributed by atoms with Gasteiger partial charge in [-0.2, -0.15) is 8.42 Å². The van der Waals surface area contributed by atoms with Gasteiger partial charge in [-0.25, -0.2) is 0 Å². The van der Waals surface area contributed by atoms with Crippen LogP contribution in [0.2, 0.25) is 0 Å². The largest absolute Gasteiger partial charge is 0.387 e. The molecule has 256 valence electrons. The number of hydrogen-bond acceptors (Lipinski definition) is 5. The molecular formula is C35H69NO6S. The van der Waals surface area contributed by atoms with Gasteiger partial charge in [-0.15, -0.1) is 0 Å². The van der Waals surface area contributed by atoms with E-state index in [4.69, 9.17) is 0 Å². The molecule has 0 aromatic heterocycles. The van der Waals surface area contributed by atoms with E-state index in [9.17, 15) is 28.0 Å². The molecule has 4 N–H and O–H groups in total. The summed E-state index contributed by atoms with van der Waals surface area (Å²) in [6.45, 7) is 4.36. The number of aliphatic hydroxyl groups is 2. The zero-order valence-corrected chi connectivity index (χ0v) is 28.8. The maximum absolute atomic E-state index is 12.4. The van der Waals surface area contributed by atoms with E-state index in [0.29, 0.717) is 6.42 Å². The molecule has 1 amide bonds. The molecule has 0 saturated carbocycles. The topological polar surface area (TPSA) is 124 Å². The Bertz CT molecular complexity index is 757. The molecule has 7 nitrogen and oxygen atoms in total. The molecule has 3 unspecified atom stereocenters. The molecule has 0 aliphatic rings. The van der Waals surface area contributed by atoms with Crippen LogP contribution in [0.1, 0.15) is 181 Å². The highest BCUT2D eigenvalue weighted by Gasteiger charge is 2.27. The molecule has 0 spiro atoms. The second-order valence-corrected chi connectivity index (χ2v) is 14.2. The van der Waals surface area contributed by atoms with Gasteiger partial charge in [0, 0.05) is 0 Å². The van der Waals surface area contributed by atoms with E-state index >= 15 is 0 Å². The van der Waals surface area contributed by atoms with Crippen LogP contribution in [-0.4, -0.2) is 53.1 Å². The van der Waals surface area contributed by atoms with Crippen molar-refractivity contribution in [1.82, 2.24) is 5.32 Å². The summed E-state index contributed by atoms with van der Waals surface area (Å²) in [4.78, 5) is 12.4. The lowest BCUT2D eigenvalue weighted by atomic mass is 10.0. The Morgan fingerprint density at radius 3 is 1.40 bits per heavy atom. The van der Waals surface area contributed by atoms with E-state index in [2.05, 4.69) is 19.2 Å². The zero-order chi connectivity index (χ0) is 32.0. The highest BCUT2D eigenvalue weighted by atomic mass is 32.2. The van der Waals surface area contributed by atoms with E-state index in [1.54, 1.807) is 6.08 Å². The first-order valence-corrected chi connectivity index (χ1v) is 19.6. The Morgan fingerprint density at radius 1 is 0.628 bits per heavy atom. The van der Waals surface area contributed by atoms with Crippen LogP contribution in [0.25, 0.3) is 0 Å². The Kier molecular flexibility index (Phi) is 29.1. The molecule has 0 aliphatic carbocycles. The summed E-state index contributed by atoms with van der Waals surface area (Å²) in [6.07, 6.45) is 31.9. The molecule has 0 heterocycles. The van der Waals surface area contributed by atoms with E-state index in [0.717, 1.165) is 44.9 Å². The Hall–Kier alpha value is -0.960. The monoisotopic (exact) mass is 631 g/mol. The SMILES string of the molecule is CCCCC/C=C/C(O)C(CS(=O)(=O)O)NC(=O)C(O)CCCCCCCCCCCCCCCCCCCCCCC. The minimum absolute atomic E-state index is 0.284. The Labute approximate surface area is 265 Å². The van der Waals surface area contributed by atoms with Crippen molar-refractivity contribution in [1.29, 1.82) is 0 Å². The second-order valence-electron chi connectivity index (χ2n) is 12.7. The second kappa shape index (κ2) is 29.7. The first-order valence-electron chi connectivity index (χ1n) is 18.0. The van der Waals surface area contributed by atoms with Gasteiger partial charge >= 0.3 is 0 Å². The first-order chi connectivity index (χ1) is 20.7. The van der Waals surface area contributed by atoms with Gasteiger partial charge < -0.3 is 15.5 Å². The standard InChI is InChI=1S/C35H69NO6S/c1-3-5-7-9-10-11-12-13-14-15-16-17-18-19-20-21-22-23-24-26-28-30-34(38)35(39)36-32(31-43(40,41)42)33(37)29-27-25-8-6-4-2/h27,29,32-34,37-38H,3-26,28,30-31H2,1-2H3,(H,36,39)(H,40,41,42)/b29-27+. The average molecular weight is 632 g/mol. The van der Waals surface area contributed by atoms with Crippen LogP contribution in [0.5, 0.6) is 0 Å². The molecule has 0 aromatic rings.